The molecule has 2 rings (SSSR count). The van der Waals surface area contributed by atoms with Gasteiger partial charge in [-0.15, -0.1) is 0 Å². The Balaban J connectivity index is 2.19. The van der Waals surface area contributed by atoms with Gasteiger partial charge >= 0.3 is 0 Å². The third kappa shape index (κ3) is 1.61. The predicted molar refractivity (Wildman–Crippen MR) is 52.9 cm³/mol. The van der Waals surface area contributed by atoms with Crippen LogP contribution in [0.2, 0.25) is 0 Å². The quantitative estimate of drug-likeness (QED) is 0.776. The zero-order chi connectivity index (χ0) is 9.97. The van der Waals surface area contributed by atoms with E-state index in [9.17, 15) is 0 Å². The van der Waals surface area contributed by atoms with Gasteiger partial charge in [0.2, 0.25) is 6.79 Å². The van der Waals surface area contributed by atoms with Crippen LogP contribution in [0.5, 0.6) is 11.5 Å². The van der Waals surface area contributed by atoms with E-state index in [1.807, 2.05) is 30.1 Å². The molecule has 4 nitrogen and oxygen atoms in total. The molecule has 0 saturated heterocycles. The van der Waals surface area contributed by atoms with Crippen LogP contribution in [0.3, 0.4) is 0 Å². The van der Waals surface area contributed by atoms with Gasteiger partial charge in [0.15, 0.2) is 11.5 Å². The molecule has 0 bridgehead atoms. The number of aliphatic hydroxyl groups excluding tert-OH is 1. The summed E-state index contributed by atoms with van der Waals surface area (Å²) in [6.07, 6.45) is 0. The van der Waals surface area contributed by atoms with E-state index < -0.39 is 0 Å². The minimum atomic E-state index is 0.144. The number of ether oxygens (including phenoxy) is 2. The van der Waals surface area contributed by atoms with Gasteiger partial charge in [-0.3, -0.25) is 0 Å². The third-order valence-corrected chi connectivity index (χ3v) is 2.23. The third-order valence-electron chi connectivity index (χ3n) is 2.23. The van der Waals surface area contributed by atoms with E-state index in [1.54, 1.807) is 0 Å². The first-order chi connectivity index (χ1) is 6.81. The van der Waals surface area contributed by atoms with Crippen LogP contribution in [0.4, 0.5) is 5.69 Å². The molecule has 0 amide bonds. The smallest absolute Gasteiger partial charge is 0.231 e. The Hall–Kier alpha value is -1.42. The Morgan fingerprint density at radius 1 is 1.36 bits per heavy atom. The molecule has 1 N–H and O–H groups in total. The molecule has 0 fully saturated rings. The van der Waals surface area contributed by atoms with Crippen molar-refractivity contribution in [2.45, 2.75) is 0 Å². The molecule has 0 unspecified atom stereocenters. The van der Waals surface area contributed by atoms with Crippen LogP contribution in [0.15, 0.2) is 18.2 Å². The van der Waals surface area contributed by atoms with E-state index in [-0.39, 0.29) is 6.61 Å². The summed E-state index contributed by atoms with van der Waals surface area (Å²) in [6, 6.07) is 5.74. The van der Waals surface area contributed by atoms with Crippen molar-refractivity contribution in [3.8, 4) is 11.5 Å². The first kappa shape index (κ1) is 9.15. The predicted octanol–water partition coefficient (Wildman–Crippen LogP) is 0.844. The van der Waals surface area contributed by atoms with Gasteiger partial charge in [0.05, 0.1) is 6.61 Å². The number of benzene rings is 1. The monoisotopic (exact) mass is 195 g/mol. The Labute approximate surface area is 82.7 Å². The second-order valence-corrected chi connectivity index (χ2v) is 3.18. The zero-order valence-electron chi connectivity index (χ0n) is 8.06. The molecule has 76 valence electrons. The summed E-state index contributed by atoms with van der Waals surface area (Å²) in [5.41, 5.74) is 1.02. The molecule has 1 aliphatic heterocycles. The lowest BCUT2D eigenvalue weighted by atomic mass is 10.2. The van der Waals surface area contributed by atoms with E-state index in [2.05, 4.69) is 0 Å². The van der Waals surface area contributed by atoms with Crippen molar-refractivity contribution in [2.24, 2.45) is 0 Å². The van der Waals surface area contributed by atoms with E-state index in [4.69, 9.17) is 14.6 Å². The highest BCUT2D eigenvalue weighted by molar-refractivity contribution is 5.56. The number of likely N-dealkylation sites (N-methyl/N-ethyl adjacent to an activating group) is 1. The van der Waals surface area contributed by atoms with Gasteiger partial charge in [0, 0.05) is 25.3 Å². The Morgan fingerprint density at radius 3 is 2.93 bits per heavy atom. The standard InChI is InChI=1S/C10H13NO3/c1-11(4-5-12)8-2-3-9-10(6-8)14-7-13-9/h2-3,6,12H,4-5,7H2,1H3. The van der Waals surface area contributed by atoms with E-state index >= 15 is 0 Å². The minimum absolute atomic E-state index is 0.144. The molecular formula is C10H13NO3. The van der Waals surface area contributed by atoms with Crippen LogP contribution in [-0.2, 0) is 0 Å². The topological polar surface area (TPSA) is 41.9 Å². The van der Waals surface area contributed by atoms with E-state index in [0.717, 1.165) is 17.2 Å². The summed E-state index contributed by atoms with van der Waals surface area (Å²) in [4.78, 5) is 1.96. The van der Waals surface area contributed by atoms with Gasteiger partial charge in [-0.1, -0.05) is 0 Å². The molecular weight excluding hydrogens is 182 g/mol. The lowest BCUT2D eigenvalue weighted by molar-refractivity contribution is 0.174. The van der Waals surface area contributed by atoms with Crippen molar-refractivity contribution in [3.05, 3.63) is 18.2 Å². The minimum Gasteiger partial charge on any atom is -0.454 e. The maximum atomic E-state index is 8.79. The number of anilines is 1. The molecule has 14 heavy (non-hydrogen) atoms. The van der Waals surface area contributed by atoms with Gasteiger partial charge in [-0.2, -0.15) is 0 Å². The van der Waals surface area contributed by atoms with E-state index in [0.29, 0.717) is 13.3 Å². The highest BCUT2D eigenvalue weighted by Crippen LogP contribution is 2.34. The molecule has 1 aromatic rings. The number of nitrogens with zero attached hydrogens (tertiary/aromatic N) is 1. The molecule has 0 radical (unpaired) electrons. The first-order valence-electron chi connectivity index (χ1n) is 4.53. The zero-order valence-corrected chi connectivity index (χ0v) is 8.06. The lowest BCUT2D eigenvalue weighted by Crippen LogP contribution is -2.20. The van der Waals surface area contributed by atoms with Crippen molar-refractivity contribution < 1.29 is 14.6 Å². The molecule has 1 aliphatic rings. The largest absolute Gasteiger partial charge is 0.454 e. The van der Waals surface area contributed by atoms with Crippen LogP contribution in [-0.4, -0.2) is 32.1 Å². The number of rotatable bonds is 3. The molecule has 1 heterocycles. The summed E-state index contributed by atoms with van der Waals surface area (Å²) >= 11 is 0. The Kier molecular flexibility index (Phi) is 2.45. The molecule has 0 aromatic heterocycles. The van der Waals surface area contributed by atoms with Crippen LogP contribution >= 0.6 is 0 Å². The van der Waals surface area contributed by atoms with Gasteiger partial charge in [0.25, 0.3) is 0 Å². The van der Waals surface area contributed by atoms with E-state index in [1.165, 1.54) is 0 Å². The first-order valence-corrected chi connectivity index (χ1v) is 4.53. The average molecular weight is 195 g/mol. The molecule has 0 atom stereocenters. The normalized spacial score (nSPS) is 13.0. The summed E-state index contributed by atoms with van der Waals surface area (Å²) in [5, 5.41) is 8.79. The maximum absolute atomic E-state index is 8.79. The fourth-order valence-electron chi connectivity index (χ4n) is 1.40. The Morgan fingerprint density at radius 2 is 2.14 bits per heavy atom. The maximum Gasteiger partial charge on any atom is 0.231 e. The second-order valence-electron chi connectivity index (χ2n) is 3.18. The van der Waals surface area contributed by atoms with Crippen molar-refractivity contribution in [1.29, 1.82) is 0 Å². The van der Waals surface area contributed by atoms with Gasteiger partial charge in [-0.05, 0) is 12.1 Å². The van der Waals surface area contributed by atoms with Crippen LogP contribution in [0.25, 0.3) is 0 Å². The number of aliphatic hydroxyl groups is 1. The lowest BCUT2D eigenvalue weighted by Gasteiger charge is -2.17. The van der Waals surface area contributed by atoms with Crippen molar-refractivity contribution in [2.75, 3.05) is 31.9 Å². The molecule has 0 spiro atoms. The fourth-order valence-corrected chi connectivity index (χ4v) is 1.40. The summed E-state index contributed by atoms with van der Waals surface area (Å²) < 4.78 is 10.5. The Bertz CT molecular complexity index is 327. The number of hydrogen-bond acceptors (Lipinski definition) is 4. The summed E-state index contributed by atoms with van der Waals surface area (Å²) in [7, 11) is 1.92. The average Bonchev–Trinajstić information content (AvgIpc) is 2.64. The van der Waals surface area contributed by atoms with Crippen molar-refractivity contribution in [3.63, 3.8) is 0 Å². The highest BCUT2D eigenvalue weighted by atomic mass is 16.7. The highest BCUT2D eigenvalue weighted by Gasteiger charge is 2.14. The van der Waals surface area contributed by atoms with Crippen LogP contribution in [0, 0.1) is 0 Å². The second kappa shape index (κ2) is 3.75. The van der Waals surface area contributed by atoms with Gasteiger partial charge in [0.1, 0.15) is 0 Å². The molecule has 0 saturated carbocycles. The van der Waals surface area contributed by atoms with Crippen molar-refractivity contribution in [1.82, 2.24) is 0 Å². The number of hydrogen-bond donors (Lipinski definition) is 1. The van der Waals surface area contributed by atoms with Crippen LogP contribution < -0.4 is 14.4 Å². The van der Waals surface area contributed by atoms with Crippen LogP contribution in [0.1, 0.15) is 0 Å². The van der Waals surface area contributed by atoms with Crippen molar-refractivity contribution >= 4 is 5.69 Å². The molecule has 4 heteroatoms. The van der Waals surface area contributed by atoms with Gasteiger partial charge in [-0.25, -0.2) is 0 Å². The summed E-state index contributed by atoms with van der Waals surface area (Å²) in [5.74, 6) is 1.55. The SMILES string of the molecule is CN(CCO)c1ccc2c(c1)OCO2. The van der Waals surface area contributed by atoms with Gasteiger partial charge < -0.3 is 19.5 Å². The fraction of sp³-hybridized carbons (Fsp3) is 0.400. The summed E-state index contributed by atoms with van der Waals surface area (Å²) in [6.45, 7) is 1.05. The number of fused-ring (bicyclic) bond motifs is 1. The molecule has 0 aliphatic carbocycles. The molecule has 1 aromatic carbocycles.